The van der Waals surface area contributed by atoms with Crippen molar-refractivity contribution >= 4 is 5.91 Å². The van der Waals surface area contributed by atoms with E-state index in [-0.39, 0.29) is 6.54 Å². The van der Waals surface area contributed by atoms with E-state index in [0.717, 1.165) is 12.3 Å². The highest BCUT2D eigenvalue weighted by Gasteiger charge is 2.32. The number of aromatic nitrogens is 1. The molecule has 0 radical (unpaired) electrons. The van der Waals surface area contributed by atoms with Gasteiger partial charge in [0, 0.05) is 30.7 Å². The normalized spacial score (nSPS) is 16.5. The van der Waals surface area contributed by atoms with Crippen LogP contribution in [0.25, 0.3) is 0 Å². The van der Waals surface area contributed by atoms with Crippen LogP contribution in [0.2, 0.25) is 0 Å². The zero-order chi connectivity index (χ0) is 15.5. The van der Waals surface area contributed by atoms with E-state index in [1.165, 1.54) is 12.1 Å². The number of pyridine rings is 1. The van der Waals surface area contributed by atoms with Crippen molar-refractivity contribution in [2.75, 3.05) is 0 Å². The molecule has 2 N–H and O–H groups in total. The van der Waals surface area contributed by atoms with Gasteiger partial charge in [0.2, 0.25) is 5.91 Å². The summed E-state index contributed by atoms with van der Waals surface area (Å²) in [7, 11) is 0. The molecule has 0 bridgehead atoms. The summed E-state index contributed by atoms with van der Waals surface area (Å²) in [6.07, 6.45) is 4.82. The Labute approximate surface area is 119 Å². The van der Waals surface area contributed by atoms with Gasteiger partial charge in [0.1, 0.15) is 5.69 Å². The molecular weight excluding hydrogens is 283 g/mol. The second-order valence-electron chi connectivity index (χ2n) is 4.35. The molecule has 1 aromatic heterocycles. The van der Waals surface area contributed by atoms with Crippen LogP contribution in [0.15, 0.2) is 54.5 Å². The van der Waals surface area contributed by atoms with E-state index in [4.69, 9.17) is 5.73 Å². The average Bonchev–Trinajstić information content (AvgIpc) is 2.40. The minimum Gasteiger partial charge on any atom is -0.366 e. The highest BCUT2D eigenvalue weighted by Crippen LogP contribution is 2.27. The molecule has 0 saturated carbocycles. The third kappa shape index (κ3) is 3.95. The Hall–Kier alpha value is -2.57. The number of halogens is 3. The molecule has 0 aromatic carbocycles. The molecule has 0 atom stereocenters. The molecule has 1 aromatic rings. The Balaban J connectivity index is 2.15. The number of allylic oxidation sites excluding steroid dienone is 3. The minimum absolute atomic E-state index is 0.283. The van der Waals surface area contributed by atoms with E-state index in [2.05, 4.69) is 4.98 Å². The molecule has 0 unspecified atom stereocenters. The lowest BCUT2D eigenvalue weighted by atomic mass is 10.2. The van der Waals surface area contributed by atoms with E-state index in [1.807, 2.05) is 0 Å². The van der Waals surface area contributed by atoms with Crippen molar-refractivity contribution in [1.82, 2.24) is 9.88 Å². The number of amides is 1. The number of nitrogens with two attached hydrogens (primary N) is 1. The minimum atomic E-state index is -4.46. The number of nitrogens with zero attached hydrogens (tertiary/aromatic N) is 2. The van der Waals surface area contributed by atoms with E-state index in [0.29, 0.717) is 11.3 Å². The molecule has 7 heteroatoms. The SMILES string of the molecule is NC(=O)/C=C1\C=CC=CN1Cc1ccc(C(F)(F)F)nc1. The Kier molecular flexibility index (Phi) is 4.11. The van der Waals surface area contributed by atoms with E-state index in [1.54, 1.807) is 29.3 Å². The van der Waals surface area contributed by atoms with Crippen LogP contribution < -0.4 is 5.73 Å². The molecule has 110 valence electrons. The maximum Gasteiger partial charge on any atom is 0.433 e. The molecule has 0 spiro atoms. The number of primary amides is 1. The van der Waals surface area contributed by atoms with Crippen molar-refractivity contribution in [1.29, 1.82) is 0 Å². The van der Waals surface area contributed by atoms with Crippen LogP contribution in [0.3, 0.4) is 0 Å². The monoisotopic (exact) mass is 295 g/mol. The third-order valence-corrected chi connectivity index (χ3v) is 2.73. The fourth-order valence-electron chi connectivity index (χ4n) is 1.79. The number of carbonyl (C=O) groups is 1. The molecule has 21 heavy (non-hydrogen) atoms. The molecule has 2 heterocycles. The molecule has 1 amide bonds. The first-order valence-corrected chi connectivity index (χ1v) is 6.01. The number of hydrogen-bond donors (Lipinski definition) is 1. The zero-order valence-corrected chi connectivity index (χ0v) is 10.8. The van der Waals surface area contributed by atoms with Gasteiger partial charge in [0.25, 0.3) is 0 Å². The standard InChI is InChI=1S/C14H12F3N3O/c15-14(16,17)12-5-4-10(8-19-12)9-20-6-2-1-3-11(20)7-13(18)21/h1-8H,9H2,(H2,18,21)/b11-7+. The number of alkyl halides is 3. The predicted molar refractivity (Wildman–Crippen MR) is 70.3 cm³/mol. The molecule has 0 fully saturated rings. The number of carbonyl (C=O) groups excluding carboxylic acids is 1. The summed E-state index contributed by atoms with van der Waals surface area (Å²) in [4.78, 5) is 16.0. The van der Waals surface area contributed by atoms with Crippen molar-refractivity contribution in [2.45, 2.75) is 12.7 Å². The zero-order valence-electron chi connectivity index (χ0n) is 10.8. The van der Waals surface area contributed by atoms with E-state index in [9.17, 15) is 18.0 Å². The first-order valence-electron chi connectivity index (χ1n) is 6.01. The van der Waals surface area contributed by atoms with Crippen LogP contribution >= 0.6 is 0 Å². The second-order valence-corrected chi connectivity index (χ2v) is 4.35. The summed E-state index contributed by atoms with van der Waals surface area (Å²) in [5, 5.41) is 0. The molecule has 4 nitrogen and oxygen atoms in total. The number of hydrogen-bond acceptors (Lipinski definition) is 3. The first kappa shape index (κ1) is 14.8. The van der Waals surface area contributed by atoms with Gasteiger partial charge in [-0.05, 0) is 23.8 Å². The van der Waals surface area contributed by atoms with Gasteiger partial charge in [-0.15, -0.1) is 0 Å². The first-order chi connectivity index (χ1) is 9.86. The predicted octanol–water partition coefficient (Wildman–Crippen LogP) is 2.36. The van der Waals surface area contributed by atoms with Crippen molar-refractivity contribution in [3.63, 3.8) is 0 Å². The van der Waals surface area contributed by atoms with Gasteiger partial charge < -0.3 is 10.6 Å². The molecule has 1 aliphatic heterocycles. The maximum atomic E-state index is 12.4. The van der Waals surface area contributed by atoms with Gasteiger partial charge in [0.15, 0.2) is 0 Å². The quantitative estimate of drug-likeness (QED) is 0.871. The molecule has 1 aliphatic rings. The van der Waals surface area contributed by atoms with Gasteiger partial charge in [-0.1, -0.05) is 12.1 Å². The van der Waals surface area contributed by atoms with Gasteiger partial charge in [-0.2, -0.15) is 13.2 Å². The summed E-state index contributed by atoms with van der Waals surface area (Å²) in [5.74, 6) is -0.597. The van der Waals surface area contributed by atoms with Gasteiger partial charge in [0.05, 0.1) is 0 Å². The van der Waals surface area contributed by atoms with Crippen molar-refractivity contribution < 1.29 is 18.0 Å². The van der Waals surface area contributed by atoms with Crippen LogP contribution in [-0.2, 0) is 17.5 Å². The Morgan fingerprint density at radius 1 is 1.33 bits per heavy atom. The summed E-state index contributed by atoms with van der Waals surface area (Å²) >= 11 is 0. The highest BCUT2D eigenvalue weighted by atomic mass is 19.4. The van der Waals surface area contributed by atoms with Crippen LogP contribution in [0.4, 0.5) is 13.2 Å². The fourth-order valence-corrected chi connectivity index (χ4v) is 1.79. The van der Waals surface area contributed by atoms with Gasteiger partial charge in [-0.3, -0.25) is 9.78 Å². The lowest BCUT2D eigenvalue weighted by Gasteiger charge is -2.23. The molecule has 0 aliphatic carbocycles. The highest BCUT2D eigenvalue weighted by molar-refractivity contribution is 5.87. The fraction of sp³-hybridized carbons (Fsp3) is 0.143. The van der Waals surface area contributed by atoms with Crippen LogP contribution in [0.5, 0.6) is 0 Å². The van der Waals surface area contributed by atoms with Crippen LogP contribution in [0.1, 0.15) is 11.3 Å². The topological polar surface area (TPSA) is 59.2 Å². The molecular formula is C14H12F3N3O. The summed E-state index contributed by atoms with van der Waals surface area (Å²) < 4.78 is 37.3. The third-order valence-electron chi connectivity index (χ3n) is 2.73. The average molecular weight is 295 g/mol. The Morgan fingerprint density at radius 2 is 2.10 bits per heavy atom. The lowest BCUT2D eigenvalue weighted by Crippen LogP contribution is -2.20. The van der Waals surface area contributed by atoms with Crippen molar-refractivity contribution in [2.24, 2.45) is 5.73 Å². The largest absolute Gasteiger partial charge is 0.433 e. The van der Waals surface area contributed by atoms with Crippen molar-refractivity contribution in [3.8, 4) is 0 Å². The summed E-state index contributed by atoms with van der Waals surface area (Å²) in [6, 6.07) is 2.28. The number of rotatable bonds is 3. The van der Waals surface area contributed by atoms with E-state index >= 15 is 0 Å². The van der Waals surface area contributed by atoms with Gasteiger partial charge in [-0.25, -0.2) is 0 Å². The van der Waals surface area contributed by atoms with Crippen molar-refractivity contribution in [3.05, 3.63) is 65.8 Å². The smallest absolute Gasteiger partial charge is 0.366 e. The van der Waals surface area contributed by atoms with E-state index < -0.39 is 17.8 Å². The van der Waals surface area contributed by atoms with Crippen LogP contribution in [0, 0.1) is 0 Å². The molecule has 2 rings (SSSR count). The summed E-state index contributed by atoms with van der Waals surface area (Å²) in [6.45, 7) is 0.283. The molecule has 0 saturated heterocycles. The second kappa shape index (κ2) is 5.82. The maximum absolute atomic E-state index is 12.4. The Bertz CT molecular complexity index is 615. The van der Waals surface area contributed by atoms with Crippen LogP contribution in [-0.4, -0.2) is 15.8 Å². The summed E-state index contributed by atoms with van der Waals surface area (Å²) in [5.41, 5.74) is 5.31. The lowest BCUT2D eigenvalue weighted by molar-refractivity contribution is -0.141. The Morgan fingerprint density at radius 3 is 2.67 bits per heavy atom. The van der Waals surface area contributed by atoms with Gasteiger partial charge >= 0.3 is 6.18 Å².